The van der Waals surface area contributed by atoms with Gasteiger partial charge in [-0.25, -0.2) is 0 Å². The van der Waals surface area contributed by atoms with Gasteiger partial charge < -0.3 is 19.6 Å². The molecule has 2 aromatic rings. The van der Waals surface area contributed by atoms with Gasteiger partial charge in [0.05, 0.1) is 11.3 Å². The predicted molar refractivity (Wildman–Crippen MR) is 124 cm³/mol. The largest absolute Gasteiger partial charge is 0.369 e. The third-order valence-electron chi connectivity index (χ3n) is 6.15. The van der Waals surface area contributed by atoms with Gasteiger partial charge in [-0.2, -0.15) is 5.26 Å². The lowest BCUT2D eigenvalue weighted by Crippen LogP contribution is -2.47. The molecule has 2 saturated heterocycles. The second kappa shape index (κ2) is 8.64. The summed E-state index contributed by atoms with van der Waals surface area (Å²) in [6.07, 6.45) is 0. The number of hydrogen-bond donors (Lipinski definition) is 0. The minimum atomic E-state index is 0.789. The third kappa shape index (κ3) is 4.22. The maximum atomic E-state index is 9.75. The Kier molecular flexibility index (Phi) is 5.98. The highest BCUT2D eigenvalue weighted by molar-refractivity contribution is 9.10. The van der Waals surface area contributed by atoms with Gasteiger partial charge in [0.15, 0.2) is 0 Å². The number of benzene rings is 2. The van der Waals surface area contributed by atoms with Gasteiger partial charge in [0.2, 0.25) is 0 Å². The van der Waals surface area contributed by atoms with Crippen molar-refractivity contribution in [3.05, 3.63) is 52.0 Å². The Labute approximate surface area is 182 Å². The second-order valence-electron chi connectivity index (χ2n) is 7.96. The second-order valence-corrected chi connectivity index (χ2v) is 8.87. The predicted octanol–water partition coefficient (Wildman–Crippen LogP) is 3.71. The summed E-state index contributed by atoms with van der Waals surface area (Å²) in [5, 5.41) is 9.75. The number of hydrogen-bond acceptors (Lipinski definition) is 5. The van der Waals surface area contributed by atoms with Gasteiger partial charge in [-0.1, -0.05) is 15.9 Å². The Hall–Kier alpha value is -2.23. The Balaban J connectivity index is 1.54. The van der Waals surface area contributed by atoms with Gasteiger partial charge in [-0.05, 0) is 55.9 Å². The highest BCUT2D eigenvalue weighted by atomic mass is 79.9. The van der Waals surface area contributed by atoms with Crippen molar-refractivity contribution in [1.82, 2.24) is 4.90 Å². The number of anilines is 3. The lowest BCUT2D eigenvalue weighted by molar-refractivity contribution is 0.312. The van der Waals surface area contributed by atoms with E-state index >= 15 is 0 Å². The van der Waals surface area contributed by atoms with E-state index in [1.54, 1.807) is 0 Å². The zero-order chi connectivity index (χ0) is 20.4. The molecule has 6 heteroatoms. The molecule has 0 radical (unpaired) electrons. The summed E-state index contributed by atoms with van der Waals surface area (Å²) in [7, 11) is 2.18. The van der Waals surface area contributed by atoms with E-state index in [9.17, 15) is 5.26 Å². The Morgan fingerprint density at radius 1 is 0.793 bits per heavy atom. The zero-order valence-corrected chi connectivity index (χ0v) is 18.8. The maximum absolute atomic E-state index is 9.75. The van der Waals surface area contributed by atoms with E-state index < -0.39 is 0 Å². The molecule has 4 rings (SSSR count). The number of nitriles is 1. The molecule has 2 aliphatic rings. The molecule has 0 bridgehead atoms. The van der Waals surface area contributed by atoms with Crippen LogP contribution >= 0.6 is 15.9 Å². The lowest BCUT2D eigenvalue weighted by Gasteiger charge is -2.40. The quantitative estimate of drug-likeness (QED) is 0.707. The minimum Gasteiger partial charge on any atom is -0.369 e. The van der Waals surface area contributed by atoms with Crippen molar-refractivity contribution in [2.24, 2.45) is 0 Å². The molecule has 152 valence electrons. The smallest absolute Gasteiger partial charge is 0.101 e. The molecule has 0 atom stereocenters. The highest BCUT2D eigenvalue weighted by Gasteiger charge is 2.24. The monoisotopic (exact) mass is 453 g/mol. The Morgan fingerprint density at radius 2 is 1.38 bits per heavy atom. The van der Waals surface area contributed by atoms with Crippen LogP contribution in [0.15, 0.2) is 40.9 Å². The summed E-state index contributed by atoms with van der Waals surface area (Å²) in [5.74, 6) is 0. The number of likely N-dealkylation sites (N-methyl/N-ethyl adjacent to an activating group) is 1. The van der Waals surface area contributed by atoms with Crippen LogP contribution in [0.25, 0.3) is 0 Å². The maximum Gasteiger partial charge on any atom is 0.101 e. The van der Waals surface area contributed by atoms with E-state index in [1.165, 1.54) is 16.9 Å². The average molecular weight is 454 g/mol. The summed E-state index contributed by atoms with van der Waals surface area (Å²) in [5.41, 5.74) is 5.70. The summed E-state index contributed by atoms with van der Waals surface area (Å²) in [4.78, 5) is 9.67. The van der Waals surface area contributed by atoms with Crippen LogP contribution < -0.4 is 14.7 Å². The Bertz CT molecular complexity index is 889. The Morgan fingerprint density at radius 3 is 2.00 bits per heavy atom. The van der Waals surface area contributed by atoms with Crippen molar-refractivity contribution in [2.75, 3.05) is 74.1 Å². The molecular weight excluding hydrogens is 426 g/mol. The van der Waals surface area contributed by atoms with Gasteiger partial charge in [-0.3, -0.25) is 0 Å². The molecule has 2 heterocycles. The fourth-order valence-electron chi connectivity index (χ4n) is 4.42. The number of nitrogens with zero attached hydrogens (tertiary/aromatic N) is 5. The first-order chi connectivity index (χ1) is 14.1. The fraction of sp³-hybridized carbons (Fsp3) is 0.435. The third-order valence-corrected chi connectivity index (χ3v) is 6.68. The van der Waals surface area contributed by atoms with Crippen LogP contribution in [0.4, 0.5) is 17.1 Å². The first-order valence-corrected chi connectivity index (χ1v) is 11.1. The van der Waals surface area contributed by atoms with Crippen LogP contribution in [-0.4, -0.2) is 64.3 Å². The molecule has 0 N–H and O–H groups in total. The van der Waals surface area contributed by atoms with Gasteiger partial charge in [0, 0.05) is 68.2 Å². The molecule has 0 spiro atoms. The molecule has 5 nitrogen and oxygen atoms in total. The topological polar surface area (TPSA) is 36.8 Å². The van der Waals surface area contributed by atoms with E-state index in [-0.39, 0.29) is 0 Å². The number of halogens is 1. The molecule has 0 saturated carbocycles. The van der Waals surface area contributed by atoms with Gasteiger partial charge in [0.1, 0.15) is 6.07 Å². The molecule has 2 aromatic carbocycles. The summed E-state index contributed by atoms with van der Waals surface area (Å²) < 4.78 is 1.11. The molecule has 0 amide bonds. The molecule has 2 fully saturated rings. The zero-order valence-electron chi connectivity index (χ0n) is 17.2. The number of piperazine rings is 2. The first kappa shape index (κ1) is 20.1. The van der Waals surface area contributed by atoms with Crippen LogP contribution in [0.5, 0.6) is 0 Å². The van der Waals surface area contributed by atoms with Crippen LogP contribution in [0.3, 0.4) is 0 Å². The molecule has 0 aromatic heterocycles. The van der Waals surface area contributed by atoms with Crippen molar-refractivity contribution in [2.45, 2.75) is 6.92 Å². The van der Waals surface area contributed by atoms with Gasteiger partial charge >= 0.3 is 0 Å². The summed E-state index contributed by atoms with van der Waals surface area (Å²) in [6.45, 7) is 10.2. The number of rotatable bonds is 3. The molecular formula is C23H28BrN5. The fourth-order valence-corrected chi connectivity index (χ4v) is 4.68. The van der Waals surface area contributed by atoms with Gasteiger partial charge in [-0.15, -0.1) is 0 Å². The SMILES string of the molecule is Cc1c(N2CCN(C)CC2)ccc(C#N)c1N1CCN(c2ccc(Br)cc2)CC1. The van der Waals surface area contributed by atoms with Crippen LogP contribution in [0.2, 0.25) is 0 Å². The lowest BCUT2D eigenvalue weighted by atomic mass is 10.0. The van der Waals surface area contributed by atoms with E-state index in [1.807, 2.05) is 6.07 Å². The molecule has 0 unspecified atom stereocenters. The normalized spacial score (nSPS) is 18.1. The van der Waals surface area contributed by atoms with Gasteiger partial charge in [0.25, 0.3) is 0 Å². The van der Waals surface area contributed by atoms with E-state index in [2.05, 4.69) is 85.9 Å². The summed E-state index contributed by atoms with van der Waals surface area (Å²) in [6, 6.07) is 15.1. The van der Waals surface area contributed by atoms with Crippen molar-refractivity contribution >= 4 is 33.0 Å². The van der Waals surface area contributed by atoms with Crippen LogP contribution in [0.1, 0.15) is 11.1 Å². The molecule has 0 aliphatic carbocycles. The van der Waals surface area contributed by atoms with Crippen LogP contribution in [-0.2, 0) is 0 Å². The van der Waals surface area contributed by atoms with E-state index in [0.717, 1.165) is 68.1 Å². The first-order valence-electron chi connectivity index (χ1n) is 10.3. The van der Waals surface area contributed by atoms with Crippen molar-refractivity contribution in [1.29, 1.82) is 5.26 Å². The molecule has 2 aliphatic heterocycles. The van der Waals surface area contributed by atoms with Crippen molar-refractivity contribution in [3.8, 4) is 6.07 Å². The van der Waals surface area contributed by atoms with E-state index in [0.29, 0.717) is 0 Å². The summed E-state index contributed by atoms with van der Waals surface area (Å²) >= 11 is 3.51. The standard InChI is InChI=1S/C23H28BrN5/c1-18-22(28-11-9-26(2)10-12-28)8-3-19(17-25)23(18)29-15-13-27(14-16-29)21-6-4-20(24)5-7-21/h3-8H,9-16H2,1-2H3. The van der Waals surface area contributed by atoms with Crippen molar-refractivity contribution in [3.63, 3.8) is 0 Å². The highest BCUT2D eigenvalue weighted by Crippen LogP contribution is 2.34. The van der Waals surface area contributed by atoms with Crippen molar-refractivity contribution < 1.29 is 0 Å². The minimum absolute atomic E-state index is 0.789. The van der Waals surface area contributed by atoms with Crippen LogP contribution in [0, 0.1) is 18.3 Å². The average Bonchev–Trinajstić information content (AvgIpc) is 2.75. The molecule has 29 heavy (non-hydrogen) atoms. The van der Waals surface area contributed by atoms with E-state index in [4.69, 9.17) is 0 Å².